The summed E-state index contributed by atoms with van der Waals surface area (Å²) in [6.45, 7) is -0.250. The summed E-state index contributed by atoms with van der Waals surface area (Å²) in [7, 11) is 0. The summed E-state index contributed by atoms with van der Waals surface area (Å²) < 4.78 is 0. The van der Waals surface area contributed by atoms with Crippen molar-refractivity contribution in [2.24, 2.45) is 0 Å². The first-order valence-corrected chi connectivity index (χ1v) is 6.34. The molecule has 6 N–H and O–H groups in total. The molecule has 8 heteroatoms. The first kappa shape index (κ1) is 21.1. The van der Waals surface area contributed by atoms with E-state index in [1.165, 1.54) is 0 Å². The molecule has 120 valence electrons. The number of aliphatic carboxylic acids is 2. The number of hydrogen-bond acceptors (Lipinski definition) is 6. The topological polar surface area (TPSA) is 156 Å². The van der Waals surface area contributed by atoms with Gasteiger partial charge >= 0.3 is 11.9 Å². The summed E-state index contributed by atoms with van der Waals surface area (Å²) in [5.74, 6) is -2.15. The fraction of sp³-hybridized carbons (Fsp3) is 0.833. The Labute approximate surface area is 117 Å². The van der Waals surface area contributed by atoms with Gasteiger partial charge in [0.1, 0.15) is 0 Å². The van der Waals surface area contributed by atoms with Crippen LogP contribution in [0.25, 0.3) is 0 Å². The maximum atomic E-state index is 9.64. The highest BCUT2D eigenvalue weighted by Gasteiger charge is 2.15. The van der Waals surface area contributed by atoms with E-state index in [0.717, 1.165) is 25.7 Å². The Bertz CT molecular complexity index is 222. The molecule has 1 rings (SSSR count). The SMILES string of the molecule is O=C(O)CCC(=O)O.OC1CCC(O)CC1.OCCO. The lowest BCUT2D eigenvalue weighted by molar-refractivity contribution is -0.143. The van der Waals surface area contributed by atoms with E-state index in [1.54, 1.807) is 0 Å². The van der Waals surface area contributed by atoms with Gasteiger partial charge < -0.3 is 30.6 Å². The van der Waals surface area contributed by atoms with E-state index in [9.17, 15) is 9.59 Å². The molecule has 1 saturated carbocycles. The van der Waals surface area contributed by atoms with Crippen LogP contribution in [0.2, 0.25) is 0 Å². The van der Waals surface area contributed by atoms with Gasteiger partial charge in [0.2, 0.25) is 0 Å². The molecule has 0 saturated heterocycles. The molecule has 0 aromatic rings. The van der Waals surface area contributed by atoms with Gasteiger partial charge in [0.15, 0.2) is 0 Å². The van der Waals surface area contributed by atoms with Crippen molar-refractivity contribution in [3.8, 4) is 0 Å². The molecule has 0 aromatic carbocycles. The van der Waals surface area contributed by atoms with Crippen molar-refractivity contribution in [1.82, 2.24) is 0 Å². The third kappa shape index (κ3) is 19.1. The molecular formula is C12H24O8. The lowest BCUT2D eigenvalue weighted by Crippen LogP contribution is -2.21. The van der Waals surface area contributed by atoms with Crippen LogP contribution in [0.5, 0.6) is 0 Å². The average molecular weight is 296 g/mol. The highest BCUT2D eigenvalue weighted by molar-refractivity contribution is 5.75. The van der Waals surface area contributed by atoms with E-state index in [0.29, 0.717) is 0 Å². The minimum atomic E-state index is -1.08. The molecule has 0 bridgehead atoms. The lowest BCUT2D eigenvalue weighted by Gasteiger charge is -2.20. The van der Waals surface area contributed by atoms with Crippen molar-refractivity contribution in [3.05, 3.63) is 0 Å². The van der Waals surface area contributed by atoms with Gasteiger partial charge in [0.25, 0.3) is 0 Å². The zero-order valence-corrected chi connectivity index (χ0v) is 11.3. The van der Waals surface area contributed by atoms with Crippen LogP contribution in [0, 0.1) is 0 Å². The van der Waals surface area contributed by atoms with Gasteiger partial charge in [-0.2, -0.15) is 0 Å². The van der Waals surface area contributed by atoms with Crippen molar-refractivity contribution < 1.29 is 40.2 Å². The van der Waals surface area contributed by atoms with E-state index >= 15 is 0 Å². The summed E-state index contributed by atoms with van der Waals surface area (Å²) in [6.07, 6.45) is 2.24. The van der Waals surface area contributed by atoms with Crippen molar-refractivity contribution >= 4 is 11.9 Å². The Morgan fingerprint density at radius 2 is 1.00 bits per heavy atom. The average Bonchev–Trinajstić information content (AvgIpc) is 2.41. The fourth-order valence-electron chi connectivity index (χ4n) is 1.27. The molecule has 0 atom stereocenters. The molecule has 0 heterocycles. The Balaban J connectivity index is 0. The van der Waals surface area contributed by atoms with Crippen LogP contribution < -0.4 is 0 Å². The molecule has 0 spiro atoms. The van der Waals surface area contributed by atoms with E-state index in [-0.39, 0.29) is 38.3 Å². The zero-order chi connectivity index (χ0) is 16.0. The minimum absolute atomic E-state index is 0.125. The molecule has 20 heavy (non-hydrogen) atoms. The molecule has 1 aliphatic rings. The van der Waals surface area contributed by atoms with Crippen LogP contribution in [0.1, 0.15) is 38.5 Å². The molecule has 8 nitrogen and oxygen atoms in total. The maximum absolute atomic E-state index is 9.64. The molecule has 0 amide bonds. The van der Waals surface area contributed by atoms with Crippen LogP contribution >= 0.6 is 0 Å². The second-order valence-electron chi connectivity index (χ2n) is 4.20. The van der Waals surface area contributed by atoms with Gasteiger partial charge in [-0.1, -0.05) is 0 Å². The minimum Gasteiger partial charge on any atom is -0.481 e. The van der Waals surface area contributed by atoms with Crippen LogP contribution in [0.15, 0.2) is 0 Å². The Hall–Kier alpha value is -1.22. The third-order valence-electron chi connectivity index (χ3n) is 2.32. The highest BCUT2D eigenvalue weighted by Crippen LogP contribution is 2.17. The van der Waals surface area contributed by atoms with Gasteiger partial charge in [0, 0.05) is 0 Å². The molecule has 0 radical (unpaired) electrons. The molecule has 1 aliphatic carbocycles. The predicted octanol–water partition coefficient (Wildman–Crippen LogP) is -0.811. The predicted molar refractivity (Wildman–Crippen MR) is 69.2 cm³/mol. The second kappa shape index (κ2) is 14.2. The second-order valence-corrected chi connectivity index (χ2v) is 4.20. The van der Waals surface area contributed by atoms with Crippen LogP contribution in [-0.2, 0) is 9.59 Å². The number of carboxylic acids is 2. The monoisotopic (exact) mass is 296 g/mol. The number of hydrogen-bond donors (Lipinski definition) is 6. The molecule has 1 fully saturated rings. The summed E-state index contributed by atoms with van der Waals surface area (Å²) in [4.78, 5) is 19.3. The standard InChI is InChI=1S/C6H12O2.C4H6O4.C2H6O2/c7-5-1-2-6(8)4-3-5;5-3(6)1-2-4(7)8;3-1-2-4/h5-8H,1-4H2;1-2H2,(H,5,6)(H,7,8);3-4H,1-2H2. The van der Waals surface area contributed by atoms with Gasteiger partial charge in [0.05, 0.1) is 38.3 Å². The number of rotatable bonds is 4. The number of aliphatic hydroxyl groups excluding tert-OH is 4. The van der Waals surface area contributed by atoms with Gasteiger partial charge in [-0.25, -0.2) is 0 Å². The summed E-state index contributed by atoms with van der Waals surface area (Å²) in [5, 5.41) is 48.9. The lowest BCUT2D eigenvalue weighted by atomic mass is 9.95. The van der Waals surface area contributed by atoms with Crippen LogP contribution in [0.4, 0.5) is 0 Å². The van der Waals surface area contributed by atoms with E-state index in [2.05, 4.69) is 0 Å². The third-order valence-corrected chi connectivity index (χ3v) is 2.32. The van der Waals surface area contributed by atoms with Crippen LogP contribution in [0.3, 0.4) is 0 Å². The molecule has 0 aliphatic heterocycles. The Morgan fingerprint density at radius 3 is 1.15 bits per heavy atom. The maximum Gasteiger partial charge on any atom is 0.303 e. The van der Waals surface area contributed by atoms with Crippen molar-refractivity contribution in [2.75, 3.05) is 13.2 Å². The smallest absolute Gasteiger partial charge is 0.303 e. The fourth-order valence-corrected chi connectivity index (χ4v) is 1.27. The van der Waals surface area contributed by atoms with Crippen LogP contribution in [-0.4, -0.2) is 68.0 Å². The normalized spacial score (nSPS) is 20.8. The quantitative estimate of drug-likeness (QED) is 0.393. The summed E-state index contributed by atoms with van der Waals surface area (Å²) in [6, 6.07) is 0. The van der Waals surface area contributed by atoms with E-state index < -0.39 is 11.9 Å². The molecule has 0 aromatic heterocycles. The Kier molecular flexibility index (Phi) is 15.0. The number of carbonyl (C=O) groups is 2. The number of carboxylic acid groups (broad SMARTS) is 2. The number of aliphatic hydroxyl groups is 4. The molecule has 0 unspecified atom stereocenters. The van der Waals surface area contributed by atoms with Crippen molar-refractivity contribution in [1.29, 1.82) is 0 Å². The summed E-state index contributed by atoms with van der Waals surface area (Å²) in [5.41, 5.74) is 0. The Morgan fingerprint density at radius 1 is 0.750 bits per heavy atom. The highest BCUT2D eigenvalue weighted by atomic mass is 16.4. The van der Waals surface area contributed by atoms with Gasteiger partial charge in [-0.3, -0.25) is 9.59 Å². The van der Waals surface area contributed by atoms with Crippen molar-refractivity contribution in [3.63, 3.8) is 0 Å². The first-order chi connectivity index (χ1) is 9.33. The van der Waals surface area contributed by atoms with Crippen molar-refractivity contribution in [2.45, 2.75) is 50.7 Å². The van der Waals surface area contributed by atoms with E-state index in [1.807, 2.05) is 0 Å². The first-order valence-electron chi connectivity index (χ1n) is 6.34. The largest absolute Gasteiger partial charge is 0.481 e. The summed E-state index contributed by atoms with van der Waals surface area (Å²) >= 11 is 0. The van der Waals surface area contributed by atoms with Gasteiger partial charge in [-0.05, 0) is 25.7 Å². The molecular weight excluding hydrogens is 272 g/mol. The zero-order valence-electron chi connectivity index (χ0n) is 11.3. The van der Waals surface area contributed by atoms with Gasteiger partial charge in [-0.15, -0.1) is 0 Å². The van der Waals surface area contributed by atoms with E-state index in [4.69, 9.17) is 30.6 Å².